The fraction of sp³-hybridized carbons (Fsp3) is 0. The highest BCUT2D eigenvalue weighted by Crippen LogP contribution is 2.46. The van der Waals surface area contributed by atoms with Crippen LogP contribution in [0.1, 0.15) is 0 Å². The molecule has 46 heavy (non-hydrogen) atoms. The Morgan fingerprint density at radius 3 is 2.04 bits per heavy atom. The molecule has 0 unspecified atom stereocenters. The lowest BCUT2D eigenvalue weighted by Gasteiger charge is -2.26. The Morgan fingerprint density at radius 1 is 0.391 bits per heavy atom. The van der Waals surface area contributed by atoms with Crippen LogP contribution < -0.4 is 4.90 Å². The summed E-state index contributed by atoms with van der Waals surface area (Å²) in [7, 11) is 0. The van der Waals surface area contributed by atoms with Gasteiger partial charge in [0.2, 0.25) is 0 Å². The summed E-state index contributed by atoms with van der Waals surface area (Å²) in [6.45, 7) is 0. The highest BCUT2D eigenvalue weighted by molar-refractivity contribution is 7.26. The predicted molar refractivity (Wildman–Crippen MR) is 200 cm³/mol. The Hall–Kier alpha value is -5.42. The molecular weight excluding hydrogens is 599 g/mol. The van der Waals surface area contributed by atoms with Crippen molar-refractivity contribution in [2.24, 2.45) is 0 Å². The molecule has 216 valence electrons. The van der Waals surface area contributed by atoms with Gasteiger partial charge < -0.3 is 9.32 Å². The molecule has 4 heteroatoms. The third-order valence-corrected chi connectivity index (χ3v) is 11.3. The van der Waals surface area contributed by atoms with Gasteiger partial charge in [-0.25, -0.2) is 0 Å². The summed E-state index contributed by atoms with van der Waals surface area (Å²) in [4.78, 5) is 2.39. The van der Waals surface area contributed by atoms with Crippen molar-refractivity contribution in [3.8, 4) is 11.1 Å². The number of hydrogen-bond donors (Lipinski definition) is 0. The van der Waals surface area contributed by atoms with Crippen molar-refractivity contribution >= 4 is 102 Å². The van der Waals surface area contributed by atoms with Crippen LogP contribution in [0.5, 0.6) is 0 Å². The first-order valence-corrected chi connectivity index (χ1v) is 17.1. The van der Waals surface area contributed by atoms with Crippen molar-refractivity contribution in [2.45, 2.75) is 0 Å². The van der Waals surface area contributed by atoms with Gasteiger partial charge in [-0.1, -0.05) is 78.9 Å². The fourth-order valence-electron chi connectivity index (χ4n) is 6.94. The molecule has 0 saturated carbocycles. The van der Waals surface area contributed by atoms with Crippen LogP contribution in [-0.4, -0.2) is 0 Å². The van der Waals surface area contributed by atoms with Crippen molar-refractivity contribution in [2.75, 3.05) is 4.90 Å². The molecule has 0 bridgehead atoms. The monoisotopic (exact) mass is 623 g/mol. The number of benzene rings is 7. The average molecular weight is 624 g/mol. The van der Waals surface area contributed by atoms with E-state index in [1.54, 1.807) is 0 Å². The predicted octanol–water partition coefficient (Wildman–Crippen LogP) is 13.5. The summed E-state index contributed by atoms with van der Waals surface area (Å²) < 4.78 is 11.4. The summed E-state index contributed by atoms with van der Waals surface area (Å²) >= 11 is 3.73. The normalized spacial score (nSPS) is 11.9. The number of rotatable bonds is 4. The maximum Gasteiger partial charge on any atom is 0.135 e. The lowest BCUT2D eigenvalue weighted by molar-refractivity contribution is 0.669. The lowest BCUT2D eigenvalue weighted by Crippen LogP contribution is -2.10. The third kappa shape index (κ3) is 3.94. The molecule has 7 aromatic carbocycles. The average Bonchev–Trinajstić information content (AvgIpc) is 3.79. The van der Waals surface area contributed by atoms with E-state index >= 15 is 0 Å². The Morgan fingerprint density at radius 2 is 1.11 bits per heavy atom. The van der Waals surface area contributed by atoms with E-state index in [1.807, 2.05) is 34.8 Å². The molecule has 10 aromatic rings. The largest absolute Gasteiger partial charge is 0.456 e. The second-order valence-corrected chi connectivity index (χ2v) is 13.9. The second kappa shape index (κ2) is 10.0. The van der Waals surface area contributed by atoms with Crippen LogP contribution >= 0.6 is 22.7 Å². The van der Waals surface area contributed by atoms with Crippen molar-refractivity contribution in [3.05, 3.63) is 152 Å². The zero-order valence-electron chi connectivity index (χ0n) is 24.6. The molecule has 2 nitrogen and oxygen atoms in total. The van der Waals surface area contributed by atoms with E-state index in [4.69, 9.17) is 4.42 Å². The molecule has 0 aliphatic heterocycles. The number of hydrogen-bond acceptors (Lipinski definition) is 4. The van der Waals surface area contributed by atoms with Crippen LogP contribution in [0.4, 0.5) is 17.1 Å². The SMILES string of the molecule is c1ccc(N(c2ccc3oc4ccccc4c3c2)c2cccc3sc4cc(-c5ccc6sc7ccccc7c6c5)ccc4c23)cc1. The Bertz CT molecular complexity index is 2770. The minimum absolute atomic E-state index is 0.901. The van der Waals surface area contributed by atoms with Gasteiger partial charge in [0, 0.05) is 62.5 Å². The quantitative estimate of drug-likeness (QED) is 0.194. The van der Waals surface area contributed by atoms with Gasteiger partial charge in [0.25, 0.3) is 0 Å². The zero-order chi connectivity index (χ0) is 30.2. The van der Waals surface area contributed by atoms with Crippen LogP contribution in [0.2, 0.25) is 0 Å². The van der Waals surface area contributed by atoms with E-state index < -0.39 is 0 Å². The van der Waals surface area contributed by atoms with Crippen LogP contribution in [0.25, 0.3) is 73.4 Å². The van der Waals surface area contributed by atoms with Crippen LogP contribution in [0.15, 0.2) is 156 Å². The molecule has 0 amide bonds. The fourth-order valence-corrected chi connectivity index (χ4v) is 9.19. The van der Waals surface area contributed by atoms with E-state index in [2.05, 4.69) is 144 Å². The molecule has 0 aliphatic carbocycles. The zero-order valence-corrected chi connectivity index (χ0v) is 26.2. The molecule has 3 aromatic heterocycles. The van der Waals surface area contributed by atoms with E-state index in [-0.39, 0.29) is 0 Å². The van der Waals surface area contributed by atoms with E-state index in [9.17, 15) is 0 Å². The minimum atomic E-state index is 0.901. The molecular formula is C42H25NOS2. The Kier molecular flexibility index (Phi) is 5.65. The minimum Gasteiger partial charge on any atom is -0.456 e. The number of fused-ring (bicyclic) bond motifs is 9. The van der Waals surface area contributed by atoms with E-state index in [0.29, 0.717) is 0 Å². The van der Waals surface area contributed by atoms with Crippen LogP contribution in [0, 0.1) is 0 Å². The molecule has 0 fully saturated rings. The number of thiophene rings is 2. The maximum atomic E-state index is 6.19. The Balaban J connectivity index is 1.16. The molecule has 0 saturated heterocycles. The van der Waals surface area contributed by atoms with Crippen molar-refractivity contribution < 1.29 is 4.42 Å². The first-order chi connectivity index (χ1) is 22.8. The van der Waals surface area contributed by atoms with Crippen LogP contribution in [0.3, 0.4) is 0 Å². The molecule has 0 aliphatic rings. The van der Waals surface area contributed by atoms with Gasteiger partial charge in [0.05, 0.1) is 5.69 Å². The summed E-state index contributed by atoms with van der Waals surface area (Å²) in [5, 5.41) is 7.47. The number of para-hydroxylation sites is 2. The van der Waals surface area contributed by atoms with Gasteiger partial charge in [0.1, 0.15) is 11.2 Å². The first kappa shape index (κ1) is 25.9. The molecule has 0 atom stereocenters. The van der Waals surface area contributed by atoms with Crippen molar-refractivity contribution in [1.82, 2.24) is 0 Å². The van der Waals surface area contributed by atoms with E-state index in [0.717, 1.165) is 33.3 Å². The van der Waals surface area contributed by atoms with Gasteiger partial charge >= 0.3 is 0 Å². The summed E-state index contributed by atoms with van der Waals surface area (Å²) in [5.41, 5.74) is 7.70. The van der Waals surface area contributed by atoms with E-state index in [1.165, 1.54) is 57.2 Å². The summed E-state index contributed by atoms with van der Waals surface area (Å²) in [6.07, 6.45) is 0. The molecule has 3 heterocycles. The number of nitrogens with zero attached hydrogens (tertiary/aromatic N) is 1. The molecule has 0 radical (unpaired) electrons. The van der Waals surface area contributed by atoms with Crippen LogP contribution in [-0.2, 0) is 0 Å². The molecule has 0 N–H and O–H groups in total. The van der Waals surface area contributed by atoms with Gasteiger partial charge in [0.15, 0.2) is 0 Å². The first-order valence-electron chi connectivity index (χ1n) is 15.4. The Labute approximate surface area is 273 Å². The smallest absolute Gasteiger partial charge is 0.135 e. The highest BCUT2D eigenvalue weighted by atomic mass is 32.1. The van der Waals surface area contributed by atoms with Gasteiger partial charge in [-0.3, -0.25) is 0 Å². The topological polar surface area (TPSA) is 16.4 Å². The van der Waals surface area contributed by atoms with Gasteiger partial charge in [-0.05, 0) is 83.9 Å². The van der Waals surface area contributed by atoms with Crippen molar-refractivity contribution in [1.29, 1.82) is 0 Å². The summed E-state index contributed by atoms with van der Waals surface area (Å²) in [5.74, 6) is 0. The standard InChI is InChI=1S/C42H25NOS2/c1-2-9-28(10-3-1)43(29-19-21-37-33(25-29)30-11-4-6-14-36(30)44-37)35-13-8-16-40-42(35)32-20-17-27(24-41(32)46-40)26-18-22-39-34(23-26)31-12-5-7-15-38(31)45-39/h1-25H. The number of anilines is 3. The second-order valence-electron chi connectivity index (χ2n) is 11.7. The number of furan rings is 1. The summed E-state index contributed by atoms with van der Waals surface area (Å²) in [6, 6.07) is 54.8. The van der Waals surface area contributed by atoms with Gasteiger partial charge in [-0.2, -0.15) is 0 Å². The molecule has 10 rings (SSSR count). The van der Waals surface area contributed by atoms with Gasteiger partial charge in [-0.15, -0.1) is 22.7 Å². The maximum absolute atomic E-state index is 6.19. The van der Waals surface area contributed by atoms with Crippen molar-refractivity contribution in [3.63, 3.8) is 0 Å². The molecule has 0 spiro atoms. The third-order valence-electron chi connectivity index (χ3n) is 9.06. The highest BCUT2D eigenvalue weighted by Gasteiger charge is 2.20. The lowest BCUT2D eigenvalue weighted by atomic mass is 10.0.